The molecule has 5 rings (SSSR count). The van der Waals surface area contributed by atoms with E-state index < -0.39 is 0 Å². The molecule has 7 heteroatoms. The van der Waals surface area contributed by atoms with Gasteiger partial charge in [0, 0.05) is 73.4 Å². The van der Waals surface area contributed by atoms with Crippen molar-refractivity contribution >= 4 is 23.8 Å². The van der Waals surface area contributed by atoms with E-state index in [2.05, 4.69) is 75.6 Å². The number of allylic oxidation sites excluding steroid dienone is 6. The first kappa shape index (κ1) is 26.0. The molecular formula is C32H34N6O. The molecule has 3 heterocycles. The Hall–Kier alpha value is -4.65. The fourth-order valence-electron chi connectivity index (χ4n) is 5.06. The van der Waals surface area contributed by atoms with E-state index in [1.165, 1.54) is 22.3 Å². The topological polar surface area (TPSA) is 89.8 Å². The van der Waals surface area contributed by atoms with Gasteiger partial charge in [-0.3, -0.25) is 9.98 Å². The zero-order chi connectivity index (χ0) is 27.0. The van der Waals surface area contributed by atoms with Gasteiger partial charge in [0.2, 0.25) is 5.90 Å². The monoisotopic (exact) mass is 518 g/mol. The average Bonchev–Trinajstić information content (AvgIpc) is 3.13. The summed E-state index contributed by atoms with van der Waals surface area (Å²) in [5, 5.41) is 6.27. The third kappa shape index (κ3) is 6.09. The molecule has 2 aromatic rings. The van der Waals surface area contributed by atoms with Gasteiger partial charge in [-0.25, -0.2) is 4.99 Å². The summed E-state index contributed by atoms with van der Waals surface area (Å²) in [6, 6.07) is 6.11. The summed E-state index contributed by atoms with van der Waals surface area (Å²) in [5.74, 6) is 0.582. The van der Waals surface area contributed by atoms with Crippen LogP contribution in [0.15, 0.2) is 118 Å². The number of hydrogen-bond acceptors (Lipinski definition) is 6. The molecule has 1 aliphatic heterocycles. The lowest BCUT2D eigenvalue weighted by molar-refractivity contribution is 0.406. The first-order chi connectivity index (χ1) is 19.2. The minimum Gasteiger partial charge on any atom is -0.481 e. The number of methoxy groups -OCH3 is 1. The molecule has 0 fully saturated rings. The van der Waals surface area contributed by atoms with Crippen LogP contribution in [0.1, 0.15) is 37.3 Å². The Balaban J connectivity index is 1.53. The van der Waals surface area contributed by atoms with Crippen LogP contribution in [0.4, 0.5) is 0 Å². The van der Waals surface area contributed by atoms with Crippen molar-refractivity contribution in [2.75, 3.05) is 7.11 Å². The van der Waals surface area contributed by atoms with E-state index in [9.17, 15) is 0 Å². The number of fused-ring (bicyclic) bond motifs is 1. The predicted octanol–water partition coefficient (Wildman–Crippen LogP) is 4.01. The van der Waals surface area contributed by atoms with Crippen LogP contribution in [0.2, 0.25) is 0 Å². The van der Waals surface area contributed by atoms with Gasteiger partial charge in [-0.05, 0) is 59.4 Å². The quantitative estimate of drug-likeness (QED) is 0.605. The Morgan fingerprint density at radius 2 is 2.10 bits per heavy atom. The minimum absolute atomic E-state index is 0.105. The number of nitrogens with one attached hydrogen (secondary N) is 1. The molecule has 1 unspecified atom stereocenters. The molecule has 2 aromatic heterocycles. The number of ether oxygens (including phenoxy) is 1. The largest absolute Gasteiger partial charge is 0.481 e. The maximum atomic E-state index is 5.65. The van der Waals surface area contributed by atoms with Crippen LogP contribution in [0, 0.1) is 0 Å². The van der Waals surface area contributed by atoms with Crippen molar-refractivity contribution in [1.82, 2.24) is 14.9 Å². The van der Waals surface area contributed by atoms with Crippen molar-refractivity contribution in [2.45, 2.75) is 31.7 Å². The van der Waals surface area contributed by atoms with Crippen molar-refractivity contribution in [1.29, 1.82) is 0 Å². The number of aromatic nitrogens is 2. The molecule has 0 amide bonds. The maximum absolute atomic E-state index is 5.65. The summed E-state index contributed by atoms with van der Waals surface area (Å²) in [5.41, 5.74) is 12.3. The molecule has 3 aliphatic rings. The zero-order valence-electron chi connectivity index (χ0n) is 22.4. The molecule has 0 aromatic carbocycles. The standard InChI is InChI=1S/C32H34N6O/c1-38-19-14-24-11-10-23(6-3-9-30(24)38)28-21-27(12-13-29(28)35-18-15-33)37-32(26-8-4-16-34-22-26)25-7-5-17-36-31(20-25)39-2/h4-5,8-12,14-22,32,37H,3,6-7,13,33H2,1-2H3/b18-15-,23-10+,24-11-,30-9?,35-29?. The van der Waals surface area contributed by atoms with Gasteiger partial charge in [0.15, 0.2) is 0 Å². The highest BCUT2D eigenvalue weighted by atomic mass is 16.5. The second-order valence-electron chi connectivity index (χ2n) is 9.55. The van der Waals surface area contributed by atoms with Gasteiger partial charge in [0.1, 0.15) is 0 Å². The lowest BCUT2D eigenvalue weighted by atomic mass is 9.89. The number of rotatable bonds is 6. The van der Waals surface area contributed by atoms with Gasteiger partial charge < -0.3 is 20.4 Å². The van der Waals surface area contributed by atoms with Crippen molar-refractivity contribution in [3.05, 3.63) is 124 Å². The Kier molecular flexibility index (Phi) is 8.17. The third-order valence-electron chi connectivity index (χ3n) is 7.04. The number of aryl methyl sites for hydroxylation is 1. The lowest BCUT2D eigenvalue weighted by Gasteiger charge is -2.26. The fourth-order valence-corrected chi connectivity index (χ4v) is 5.06. The van der Waals surface area contributed by atoms with Crippen molar-refractivity contribution in [2.24, 2.45) is 22.8 Å². The normalized spacial score (nSPS) is 21.3. The minimum atomic E-state index is -0.105. The highest BCUT2D eigenvalue weighted by Gasteiger charge is 2.22. The second-order valence-corrected chi connectivity index (χ2v) is 9.55. The van der Waals surface area contributed by atoms with E-state index in [1.807, 2.05) is 24.4 Å². The Morgan fingerprint density at radius 1 is 1.18 bits per heavy atom. The molecule has 1 atom stereocenters. The van der Waals surface area contributed by atoms with E-state index in [-0.39, 0.29) is 6.04 Å². The molecule has 198 valence electrons. The summed E-state index contributed by atoms with van der Waals surface area (Å²) in [4.78, 5) is 13.5. The number of aliphatic imine (C=N–C) groups is 2. The number of nitrogens with zero attached hydrogens (tertiary/aromatic N) is 4. The van der Waals surface area contributed by atoms with Crippen LogP contribution < -0.4 is 21.6 Å². The van der Waals surface area contributed by atoms with Crippen LogP contribution in [0.5, 0.6) is 0 Å². The Labute approximate surface area is 229 Å². The van der Waals surface area contributed by atoms with Gasteiger partial charge in [-0.1, -0.05) is 36.4 Å². The van der Waals surface area contributed by atoms with Crippen molar-refractivity contribution in [3.8, 4) is 0 Å². The molecule has 0 radical (unpaired) electrons. The Morgan fingerprint density at radius 3 is 2.92 bits per heavy atom. The van der Waals surface area contributed by atoms with Crippen LogP contribution in [0.3, 0.4) is 0 Å². The molecule has 39 heavy (non-hydrogen) atoms. The van der Waals surface area contributed by atoms with Crippen LogP contribution in [-0.4, -0.2) is 28.3 Å². The van der Waals surface area contributed by atoms with E-state index in [4.69, 9.17) is 15.5 Å². The van der Waals surface area contributed by atoms with Crippen molar-refractivity contribution in [3.63, 3.8) is 0 Å². The number of nitrogens with two attached hydrogens (primary N) is 1. The summed E-state index contributed by atoms with van der Waals surface area (Å²) in [7, 11) is 3.73. The highest BCUT2D eigenvalue weighted by molar-refractivity contribution is 6.06. The first-order valence-electron chi connectivity index (χ1n) is 13.2. The summed E-state index contributed by atoms with van der Waals surface area (Å²) in [6.45, 7) is 0. The molecule has 0 saturated heterocycles. The predicted molar refractivity (Wildman–Crippen MR) is 159 cm³/mol. The first-order valence-corrected chi connectivity index (χ1v) is 13.2. The van der Waals surface area contributed by atoms with Crippen LogP contribution in [0.25, 0.3) is 12.2 Å². The number of hydrogen-bond donors (Lipinski definition) is 2. The molecule has 2 aliphatic carbocycles. The molecule has 0 bridgehead atoms. The van der Waals surface area contributed by atoms with Gasteiger partial charge >= 0.3 is 0 Å². The fraction of sp³-hybridized carbons (Fsp3) is 0.219. The van der Waals surface area contributed by atoms with Crippen LogP contribution in [-0.2, 0) is 11.8 Å². The smallest absolute Gasteiger partial charge is 0.212 e. The molecule has 0 spiro atoms. The van der Waals surface area contributed by atoms with Gasteiger partial charge in [0.25, 0.3) is 0 Å². The van der Waals surface area contributed by atoms with E-state index >= 15 is 0 Å². The average molecular weight is 519 g/mol. The van der Waals surface area contributed by atoms with Gasteiger partial charge in [-0.15, -0.1) is 0 Å². The van der Waals surface area contributed by atoms with E-state index in [0.29, 0.717) is 12.3 Å². The molecular weight excluding hydrogens is 484 g/mol. The molecule has 3 N–H and O–H groups in total. The van der Waals surface area contributed by atoms with E-state index in [1.54, 1.807) is 25.7 Å². The zero-order valence-corrected chi connectivity index (χ0v) is 22.4. The summed E-state index contributed by atoms with van der Waals surface area (Å²) < 4.78 is 7.65. The lowest BCUT2D eigenvalue weighted by Crippen LogP contribution is -2.28. The summed E-state index contributed by atoms with van der Waals surface area (Å²) in [6.07, 6.45) is 29.3. The molecule has 0 saturated carbocycles. The van der Waals surface area contributed by atoms with Gasteiger partial charge in [0.05, 0.1) is 18.9 Å². The number of pyridine rings is 1. The maximum Gasteiger partial charge on any atom is 0.212 e. The Bertz CT molecular complexity index is 1580. The van der Waals surface area contributed by atoms with Crippen molar-refractivity contribution < 1.29 is 4.74 Å². The SMILES string of the molecule is COC1=NC=CCC(C(NC2=CCC(=N/C=C\N)C(/C3=C/C=c4/ccn(C)c4=CCC3)=C2)c2cccnc2)=C1. The second kappa shape index (κ2) is 12.3. The van der Waals surface area contributed by atoms with Crippen LogP contribution >= 0.6 is 0 Å². The highest BCUT2D eigenvalue weighted by Crippen LogP contribution is 2.30. The van der Waals surface area contributed by atoms with Gasteiger partial charge in [-0.2, -0.15) is 0 Å². The van der Waals surface area contributed by atoms with E-state index in [0.717, 1.165) is 47.4 Å². The molecule has 7 nitrogen and oxygen atoms in total. The third-order valence-corrected chi connectivity index (χ3v) is 7.04. The summed E-state index contributed by atoms with van der Waals surface area (Å²) >= 11 is 0.